The number of benzene rings is 1. The summed E-state index contributed by atoms with van der Waals surface area (Å²) in [4.78, 5) is 1.30. The Kier molecular flexibility index (Phi) is 10.6. The molecule has 0 unspecified atom stereocenters. The summed E-state index contributed by atoms with van der Waals surface area (Å²) in [7, 11) is -3.42. The van der Waals surface area contributed by atoms with Gasteiger partial charge in [0.05, 0.1) is 17.1 Å². The molecule has 0 aliphatic rings. The van der Waals surface area contributed by atoms with Crippen molar-refractivity contribution in [1.82, 2.24) is 9.78 Å². The lowest BCUT2D eigenvalue weighted by atomic mass is 10.1. The highest BCUT2D eigenvalue weighted by atomic mass is 35.5. The Morgan fingerprint density at radius 3 is 2.44 bits per heavy atom. The zero-order chi connectivity index (χ0) is 30.4. The largest absolute Gasteiger partial charge is 0.460 e. The molecular weight excluding hydrogens is 600 g/mol. The number of alkyl halides is 3. The highest BCUT2D eigenvalue weighted by Gasteiger charge is 2.35. The van der Waals surface area contributed by atoms with E-state index in [1.165, 1.54) is 60.8 Å². The Bertz CT molecular complexity index is 1630. The van der Waals surface area contributed by atoms with Crippen molar-refractivity contribution in [2.75, 3.05) is 6.26 Å². The van der Waals surface area contributed by atoms with Crippen molar-refractivity contribution in [3.63, 3.8) is 0 Å². The van der Waals surface area contributed by atoms with E-state index in [1.807, 2.05) is 13.0 Å². The fourth-order valence-electron chi connectivity index (χ4n) is 3.44. The number of rotatable bonds is 11. The van der Waals surface area contributed by atoms with E-state index in [2.05, 4.69) is 11.7 Å². The second-order valence-electron chi connectivity index (χ2n) is 8.77. The first-order valence-electron chi connectivity index (χ1n) is 12.2. The molecule has 0 bridgehead atoms. The van der Waals surface area contributed by atoms with Crippen LogP contribution in [0.1, 0.15) is 30.8 Å². The highest BCUT2D eigenvalue weighted by Crippen LogP contribution is 2.37. The van der Waals surface area contributed by atoms with Crippen LogP contribution in [0, 0.1) is 5.82 Å². The first kappa shape index (κ1) is 32.1. The Labute approximate surface area is 245 Å². The van der Waals surface area contributed by atoms with E-state index >= 15 is 0 Å². The zero-order valence-corrected chi connectivity index (χ0v) is 24.8. The third-order valence-corrected chi connectivity index (χ3v) is 8.30. The summed E-state index contributed by atoms with van der Waals surface area (Å²) >= 11 is 7.22. The molecule has 0 fully saturated rings. The number of allylic oxidation sites excluding steroid dienone is 9. The number of hydrogen-bond donors (Lipinski definition) is 0. The maximum absolute atomic E-state index is 13.7. The third-order valence-electron chi connectivity index (χ3n) is 5.57. The summed E-state index contributed by atoms with van der Waals surface area (Å²) in [6.45, 7) is 6.72. The van der Waals surface area contributed by atoms with Gasteiger partial charge in [0.1, 0.15) is 17.3 Å². The van der Waals surface area contributed by atoms with Gasteiger partial charge in [0.25, 0.3) is 0 Å². The Morgan fingerprint density at radius 1 is 1.17 bits per heavy atom. The van der Waals surface area contributed by atoms with Crippen LogP contribution in [0.15, 0.2) is 95.1 Å². The lowest BCUT2D eigenvalue weighted by Crippen LogP contribution is -2.11. The standard InChI is InChI=1S/C29H27ClF4N2O3S2/c1-5-7-20(16-19(3)41(4,37)38)26-14-15-27(40-26)25-17-28(29(32,33)34)35-36(25)18-24(11-8-21(30)6-2)39-23-12-9-22(31)10-13-23/h6-17H,2,5,18H2,1,3-4H3/b19-16+,20-7+,21-8+,24-11+. The molecule has 0 radical (unpaired) electrons. The van der Waals surface area contributed by atoms with E-state index in [0.29, 0.717) is 21.7 Å². The first-order valence-corrected chi connectivity index (χ1v) is 15.3. The van der Waals surface area contributed by atoms with Crippen LogP contribution >= 0.6 is 22.9 Å². The molecule has 2 aromatic heterocycles. The molecule has 0 saturated carbocycles. The predicted molar refractivity (Wildman–Crippen MR) is 157 cm³/mol. The minimum atomic E-state index is -4.71. The third kappa shape index (κ3) is 9.04. The van der Waals surface area contributed by atoms with Gasteiger partial charge in [-0.05, 0) is 79.6 Å². The summed E-state index contributed by atoms with van der Waals surface area (Å²) in [5.74, 6) is -0.0516. The van der Waals surface area contributed by atoms with Crippen molar-refractivity contribution in [3.8, 4) is 16.3 Å². The predicted octanol–water partition coefficient (Wildman–Crippen LogP) is 8.78. The fraction of sp³-hybridized carbons (Fsp3) is 0.207. The van der Waals surface area contributed by atoms with Gasteiger partial charge < -0.3 is 4.74 Å². The molecule has 218 valence electrons. The summed E-state index contributed by atoms with van der Waals surface area (Å²) in [6, 6.07) is 9.46. The van der Waals surface area contributed by atoms with Crippen LogP contribution in [0.5, 0.6) is 5.75 Å². The quantitative estimate of drug-likeness (QED) is 0.121. The molecular formula is C29H27ClF4N2O3S2. The number of sulfone groups is 1. The molecule has 1 aromatic carbocycles. The molecule has 0 N–H and O–H groups in total. The Morgan fingerprint density at radius 2 is 1.85 bits per heavy atom. The molecule has 3 rings (SSSR count). The van der Waals surface area contributed by atoms with E-state index < -0.39 is 27.5 Å². The number of aromatic nitrogens is 2. The molecule has 0 saturated heterocycles. The Balaban J connectivity index is 2.09. The molecule has 0 spiro atoms. The lowest BCUT2D eigenvalue weighted by molar-refractivity contribution is -0.141. The van der Waals surface area contributed by atoms with Crippen LogP contribution < -0.4 is 4.74 Å². The van der Waals surface area contributed by atoms with Crippen molar-refractivity contribution in [2.45, 2.75) is 33.0 Å². The number of halogens is 5. The zero-order valence-electron chi connectivity index (χ0n) is 22.4. The van der Waals surface area contributed by atoms with Crippen molar-refractivity contribution < 1.29 is 30.7 Å². The number of ether oxygens (including phenoxy) is 1. The maximum Gasteiger partial charge on any atom is 0.435 e. The molecule has 41 heavy (non-hydrogen) atoms. The van der Waals surface area contributed by atoms with Crippen LogP contribution in [-0.2, 0) is 22.6 Å². The van der Waals surface area contributed by atoms with E-state index in [0.717, 1.165) is 17.0 Å². The van der Waals surface area contributed by atoms with E-state index in [4.69, 9.17) is 16.3 Å². The molecule has 3 aromatic rings. The van der Waals surface area contributed by atoms with Crippen LogP contribution in [-0.4, -0.2) is 24.5 Å². The van der Waals surface area contributed by atoms with Gasteiger partial charge in [-0.25, -0.2) is 12.8 Å². The molecule has 2 heterocycles. The molecule has 0 atom stereocenters. The van der Waals surface area contributed by atoms with E-state index in [1.54, 1.807) is 18.2 Å². The fourth-order valence-corrected chi connectivity index (χ4v) is 4.88. The van der Waals surface area contributed by atoms with Gasteiger partial charge in [-0.3, -0.25) is 4.68 Å². The Hall–Kier alpha value is -3.41. The topological polar surface area (TPSA) is 61.2 Å². The van der Waals surface area contributed by atoms with E-state index in [-0.39, 0.29) is 33.7 Å². The van der Waals surface area contributed by atoms with Crippen molar-refractivity contribution in [2.24, 2.45) is 0 Å². The molecule has 0 amide bonds. The number of hydrogen-bond acceptors (Lipinski definition) is 5. The van der Waals surface area contributed by atoms with Crippen LogP contribution in [0.2, 0.25) is 0 Å². The average Bonchev–Trinajstić information content (AvgIpc) is 3.55. The van der Waals surface area contributed by atoms with Crippen molar-refractivity contribution >= 4 is 38.3 Å². The smallest absolute Gasteiger partial charge is 0.435 e. The van der Waals surface area contributed by atoms with E-state index in [9.17, 15) is 26.0 Å². The molecule has 12 heteroatoms. The van der Waals surface area contributed by atoms with Gasteiger partial charge in [-0.2, -0.15) is 18.3 Å². The van der Waals surface area contributed by atoms with Gasteiger partial charge in [0.2, 0.25) is 0 Å². The van der Waals surface area contributed by atoms with Gasteiger partial charge in [-0.15, -0.1) is 11.3 Å². The minimum Gasteiger partial charge on any atom is -0.460 e. The first-order chi connectivity index (χ1) is 19.2. The maximum atomic E-state index is 13.7. The average molecular weight is 627 g/mol. The van der Waals surface area contributed by atoms with Gasteiger partial charge in [-0.1, -0.05) is 37.3 Å². The van der Waals surface area contributed by atoms with Gasteiger partial charge in [0, 0.05) is 21.1 Å². The highest BCUT2D eigenvalue weighted by molar-refractivity contribution is 7.94. The SMILES string of the molecule is C=C/C(Cl)=C\C=C(/Cn1nc(C(F)(F)F)cc1-c1ccc(C(=C/CC)/C=C(\C)S(C)(=O)=O)s1)Oc1ccc(F)cc1. The lowest BCUT2D eigenvalue weighted by Gasteiger charge is -2.12. The molecule has 0 aliphatic heterocycles. The van der Waals surface area contributed by atoms with Crippen LogP contribution in [0.25, 0.3) is 16.1 Å². The monoisotopic (exact) mass is 626 g/mol. The van der Waals surface area contributed by atoms with Crippen LogP contribution in [0.3, 0.4) is 0 Å². The summed E-state index contributed by atoms with van der Waals surface area (Å²) in [6.07, 6.45) is 4.70. The van der Waals surface area contributed by atoms with Crippen LogP contribution in [0.4, 0.5) is 17.6 Å². The number of thiophene rings is 1. The minimum absolute atomic E-state index is 0.163. The summed E-state index contributed by atoms with van der Waals surface area (Å²) in [5.41, 5.74) is -0.292. The second kappa shape index (κ2) is 13.5. The molecule has 5 nitrogen and oxygen atoms in total. The summed E-state index contributed by atoms with van der Waals surface area (Å²) < 4.78 is 85.6. The van der Waals surface area contributed by atoms with Crippen molar-refractivity contribution in [1.29, 1.82) is 0 Å². The second-order valence-corrected chi connectivity index (χ2v) is 12.5. The normalized spacial score (nSPS) is 14.0. The summed E-state index contributed by atoms with van der Waals surface area (Å²) in [5, 5.41) is 4.07. The van der Waals surface area contributed by atoms with Gasteiger partial charge >= 0.3 is 6.18 Å². The van der Waals surface area contributed by atoms with Crippen molar-refractivity contribution in [3.05, 3.63) is 112 Å². The molecule has 0 aliphatic carbocycles. The number of nitrogens with zero attached hydrogens (tertiary/aromatic N) is 2. The van der Waals surface area contributed by atoms with Gasteiger partial charge in [0.15, 0.2) is 15.5 Å².